The van der Waals surface area contributed by atoms with Gasteiger partial charge in [-0.2, -0.15) is 23.5 Å². The van der Waals surface area contributed by atoms with Crippen LogP contribution in [0.5, 0.6) is 69.0 Å². The average molecular weight is 1070 g/mol. The molecule has 0 radical (unpaired) electrons. The van der Waals surface area contributed by atoms with E-state index in [0.717, 1.165) is 33.4 Å². The van der Waals surface area contributed by atoms with Gasteiger partial charge in [0.1, 0.15) is 95.4 Å². The van der Waals surface area contributed by atoms with Crippen LogP contribution in [0, 0.1) is 0 Å². The Morgan fingerprint density at radius 2 is 0.568 bits per heavy atom. The van der Waals surface area contributed by atoms with Crippen LogP contribution in [0.4, 0.5) is 0 Å². The van der Waals surface area contributed by atoms with Crippen molar-refractivity contribution in [2.24, 2.45) is 0 Å². The number of benzene rings is 6. The molecule has 394 valence electrons. The molecule has 6 aromatic rings. The first-order valence-electron chi connectivity index (χ1n) is 23.9. The summed E-state index contributed by atoms with van der Waals surface area (Å²) in [6.07, 6.45) is -0.351. The quantitative estimate of drug-likeness (QED) is 0.0395. The highest BCUT2D eigenvalue weighted by Gasteiger charge is 2.46. The van der Waals surface area contributed by atoms with E-state index < -0.39 is 15.1 Å². The molecular weight excluding hydrogens is 1000 g/mol. The molecular formula is C56H65AlO15S2. The summed E-state index contributed by atoms with van der Waals surface area (Å²) < 4.78 is 88.6. The summed E-state index contributed by atoms with van der Waals surface area (Å²) in [5, 5.41) is 0. The first-order chi connectivity index (χ1) is 36.1. The Hall–Kier alpha value is -5.97. The van der Waals surface area contributed by atoms with Gasteiger partial charge < -0.3 is 68.2 Å². The van der Waals surface area contributed by atoms with Crippen LogP contribution in [0.15, 0.2) is 109 Å². The van der Waals surface area contributed by atoms with Gasteiger partial charge in [-0.1, -0.05) is 0 Å². The molecule has 0 bridgehead atoms. The molecule has 6 aromatic carbocycles. The molecule has 0 aromatic heterocycles. The number of rotatable bonds is 30. The van der Waals surface area contributed by atoms with Crippen LogP contribution < -0.4 is 56.8 Å². The molecule has 15 nitrogen and oxygen atoms in total. The van der Waals surface area contributed by atoms with E-state index in [1.165, 1.54) is 0 Å². The number of hydrogen-bond acceptors (Lipinski definition) is 17. The van der Waals surface area contributed by atoms with Gasteiger partial charge in [0, 0.05) is 66.0 Å². The van der Waals surface area contributed by atoms with Crippen molar-refractivity contribution < 1.29 is 68.2 Å². The molecule has 1 aliphatic heterocycles. The number of methoxy groups -OCH3 is 8. The lowest BCUT2D eigenvalue weighted by atomic mass is 10.2. The third-order valence-electron chi connectivity index (χ3n) is 11.5. The van der Waals surface area contributed by atoms with Crippen LogP contribution in [-0.4, -0.2) is 102 Å². The molecule has 74 heavy (non-hydrogen) atoms. The lowest BCUT2D eigenvalue weighted by molar-refractivity contribution is 0.173. The maximum absolute atomic E-state index is 6.50. The minimum Gasteiger partial charge on any atom is -0.497 e. The molecule has 2 atom stereocenters. The summed E-state index contributed by atoms with van der Waals surface area (Å²) in [6.45, 7) is 3.62. The second kappa shape index (κ2) is 28.6. The molecule has 7 rings (SSSR count). The van der Waals surface area contributed by atoms with E-state index in [0.29, 0.717) is 98.6 Å². The minimum absolute atomic E-state index is 0.176. The molecule has 0 spiro atoms. The zero-order chi connectivity index (χ0) is 52.2. The van der Waals surface area contributed by atoms with Gasteiger partial charge in [0.25, 0.3) is 0 Å². The topological polar surface area (TPSA) is 138 Å². The van der Waals surface area contributed by atoms with Crippen molar-refractivity contribution in [3.05, 3.63) is 143 Å². The molecule has 0 aliphatic carbocycles. The normalized spacial score (nSPS) is 14.0. The van der Waals surface area contributed by atoms with Crippen LogP contribution in [0.2, 0.25) is 0 Å². The van der Waals surface area contributed by atoms with Crippen molar-refractivity contribution in [2.75, 3.05) is 75.0 Å². The first-order valence-corrected chi connectivity index (χ1v) is 27.6. The third-order valence-corrected chi connectivity index (χ3v) is 15.5. The molecule has 0 amide bonds. The predicted molar refractivity (Wildman–Crippen MR) is 288 cm³/mol. The first kappa shape index (κ1) is 55.8. The Morgan fingerprint density at radius 3 is 0.797 bits per heavy atom. The lowest BCUT2D eigenvalue weighted by Crippen LogP contribution is -2.27. The highest BCUT2D eigenvalue weighted by atomic mass is 32.2. The van der Waals surface area contributed by atoms with Crippen molar-refractivity contribution in [3.63, 3.8) is 0 Å². The van der Waals surface area contributed by atoms with Crippen LogP contribution in [0.1, 0.15) is 40.3 Å². The Kier molecular flexibility index (Phi) is 21.6. The van der Waals surface area contributed by atoms with E-state index in [-0.39, 0.29) is 38.6 Å². The molecule has 0 N–H and O–H groups in total. The van der Waals surface area contributed by atoms with Crippen molar-refractivity contribution >= 4 is 38.7 Å². The Labute approximate surface area is 448 Å². The second-order valence-electron chi connectivity index (χ2n) is 16.8. The number of hydrogen-bond donors (Lipinski definition) is 0. The third kappa shape index (κ3) is 16.8. The zero-order valence-corrected chi connectivity index (χ0v) is 46.2. The van der Waals surface area contributed by atoms with Gasteiger partial charge in [-0.05, 0) is 113 Å². The fourth-order valence-corrected chi connectivity index (χ4v) is 11.8. The van der Waals surface area contributed by atoms with E-state index in [1.54, 1.807) is 80.4 Å². The summed E-state index contributed by atoms with van der Waals surface area (Å²) in [5.74, 6) is 10.8. The predicted octanol–water partition coefficient (Wildman–Crippen LogP) is 11.0. The zero-order valence-electron chi connectivity index (χ0n) is 43.4. The molecule has 2 unspecified atom stereocenters. The van der Waals surface area contributed by atoms with Crippen LogP contribution >= 0.6 is 23.5 Å². The van der Waals surface area contributed by atoms with Crippen molar-refractivity contribution in [1.82, 2.24) is 0 Å². The minimum atomic E-state index is -2.35. The molecule has 18 heteroatoms. The summed E-state index contributed by atoms with van der Waals surface area (Å²) in [6, 6.07) is 34.7. The summed E-state index contributed by atoms with van der Waals surface area (Å²) in [5.41, 5.74) is 5.63. The largest absolute Gasteiger partial charge is 0.906 e. The molecule has 1 heterocycles. The molecule has 1 fully saturated rings. The monoisotopic (exact) mass is 1070 g/mol. The summed E-state index contributed by atoms with van der Waals surface area (Å²) in [7, 11) is 13.0. The van der Waals surface area contributed by atoms with E-state index in [2.05, 4.69) is 0 Å². The molecule has 1 aliphatic rings. The Bertz CT molecular complexity index is 2300. The number of ether oxygens (including phenoxy) is 12. The van der Waals surface area contributed by atoms with Crippen LogP contribution in [0.25, 0.3) is 0 Å². The van der Waals surface area contributed by atoms with Gasteiger partial charge in [-0.25, -0.2) is 0 Å². The second-order valence-corrected chi connectivity index (χ2v) is 20.3. The van der Waals surface area contributed by atoms with Gasteiger partial charge in [0.2, 0.25) is 0 Å². The SMILES string of the molecule is CC[O][Al]1[O]C(CSCc2cc(OCc3cc(OC)cc(OC)c3)cc(OCc3cc(OC)cc(OC)c3)c2)C(CSCc2cc(OCc3cc(OC)cc(OC)c3)cc(OCc3cc(OC)cc(OC)c3)c2)[O]1. The maximum Gasteiger partial charge on any atom is 0.906 e. The molecule has 1 saturated heterocycles. The average Bonchev–Trinajstić information content (AvgIpc) is 3.82. The van der Waals surface area contributed by atoms with Gasteiger partial charge in [-0.3, -0.25) is 0 Å². The van der Waals surface area contributed by atoms with Crippen molar-refractivity contribution in [3.8, 4) is 69.0 Å². The van der Waals surface area contributed by atoms with Gasteiger partial charge in [0.05, 0.1) is 69.1 Å². The fraction of sp³-hybridized carbons (Fsp3) is 0.357. The van der Waals surface area contributed by atoms with E-state index in [1.807, 2.05) is 116 Å². The van der Waals surface area contributed by atoms with Crippen LogP contribution in [0.3, 0.4) is 0 Å². The van der Waals surface area contributed by atoms with E-state index in [9.17, 15) is 0 Å². The highest BCUT2D eigenvalue weighted by Crippen LogP contribution is 2.34. The van der Waals surface area contributed by atoms with Gasteiger partial charge in [0.15, 0.2) is 0 Å². The summed E-state index contributed by atoms with van der Waals surface area (Å²) >= 11 is 1.16. The Morgan fingerprint density at radius 1 is 0.338 bits per heavy atom. The fourth-order valence-electron chi connectivity index (χ4n) is 7.81. The number of thioether (sulfide) groups is 2. The van der Waals surface area contributed by atoms with Gasteiger partial charge >= 0.3 is 15.1 Å². The lowest BCUT2D eigenvalue weighted by Gasteiger charge is -2.20. The van der Waals surface area contributed by atoms with Gasteiger partial charge in [-0.15, -0.1) is 0 Å². The van der Waals surface area contributed by atoms with Crippen molar-refractivity contribution in [2.45, 2.75) is 57.1 Å². The maximum atomic E-state index is 6.50. The Balaban J connectivity index is 1.03. The molecule has 0 saturated carbocycles. The van der Waals surface area contributed by atoms with Crippen LogP contribution in [-0.2, 0) is 49.3 Å². The van der Waals surface area contributed by atoms with E-state index >= 15 is 0 Å². The standard InChI is InChI=1S/C54H60O14S2.C2H5O.Al/c1-57-41-9-35(10-42(21-41)58-2)27-65-49-17-39(18-50(25-49)66-28-36-11-43(59-3)22-44(12-36)60-4)31-69-33-53(55)54(56)34-70-32-40-19-51(67-29-37-13-45(61-5)23-46(14-37)62-6)26-52(20-40)68-30-38-15-47(63-7)24-48(16-38)64-8;1-2-3;/h9-26,53-54H,27-34H2,1-8H3;2H2,1H3;/q-2;-1;+3. The van der Waals surface area contributed by atoms with Crippen molar-refractivity contribution in [1.29, 1.82) is 0 Å². The summed E-state index contributed by atoms with van der Waals surface area (Å²) in [4.78, 5) is 0. The smallest absolute Gasteiger partial charge is 0.497 e. The van der Waals surface area contributed by atoms with E-state index in [4.69, 9.17) is 68.2 Å². The highest BCUT2D eigenvalue weighted by molar-refractivity contribution is 7.98.